The van der Waals surface area contributed by atoms with E-state index >= 15 is 0 Å². The van der Waals surface area contributed by atoms with Crippen molar-refractivity contribution < 1.29 is 9.59 Å². The molecule has 0 bridgehead atoms. The number of carbonyl (C=O) groups excluding carboxylic acids is 2. The molecular formula is C29H29N3O2S. The van der Waals surface area contributed by atoms with Crippen LogP contribution in [0.2, 0.25) is 0 Å². The fourth-order valence-corrected chi connectivity index (χ4v) is 4.64. The van der Waals surface area contributed by atoms with Crippen LogP contribution in [-0.2, 0) is 24.4 Å². The zero-order chi connectivity index (χ0) is 24.5. The summed E-state index contributed by atoms with van der Waals surface area (Å²) in [4.78, 5) is 30.6. The Balaban J connectivity index is 1.55. The van der Waals surface area contributed by atoms with Crippen LogP contribution >= 0.6 is 11.3 Å². The SMILES string of the molecule is C=CCN(CC(=O)N(Cc1ccccc1)Cc1cccn1Cc1ccccc1)C(=O)c1cccs1. The van der Waals surface area contributed by atoms with Gasteiger partial charge in [-0.15, -0.1) is 17.9 Å². The molecule has 4 rings (SSSR count). The molecule has 6 heteroatoms. The number of thiophene rings is 1. The van der Waals surface area contributed by atoms with E-state index < -0.39 is 0 Å². The van der Waals surface area contributed by atoms with Crippen LogP contribution in [0.4, 0.5) is 0 Å². The van der Waals surface area contributed by atoms with Gasteiger partial charge in [0, 0.05) is 31.5 Å². The van der Waals surface area contributed by atoms with E-state index in [-0.39, 0.29) is 18.4 Å². The van der Waals surface area contributed by atoms with E-state index in [1.165, 1.54) is 16.9 Å². The Morgan fingerprint density at radius 1 is 0.829 bits per heavy atom. The molecule has 0 aliphatic heterocycles. The first-order valence-electron chi connectivity index (χ1n) is 11.6. The topological polar surface area (TPSA) is 45.6 Å². The van der Waals surface area contributed by atoms with E-state index in [0.29, 0.717) is 24.5 Å². The van der Waals surface area contributed by atoms with Crippen LogP contribution < -0.4 is 0 Å². The molecule has 0 N–H and O–H groups in total. The number of carbonyl (C=O) groups is 2. The number of benzene rings is 2. The molecule has 0 radical (unpaired) electrons. The van der Waals surface area contributed by atoms with Crippen LogP contribution in [-0.4, -0.2) is 39.3 Å². The zero-order valence-electron chi connectivity index (χ0n) is 19.6. The van der Waals surface area contributed by atoms with Crippen molar-refractivity contribution in [3.63, 3.8) is 0 Å². The van der Waals surface area contributed by atoms with Crippen molar-refractivity contribution >= 4 is 23.2 Å². The van der Waals surface area contributed by atoms with Gasteiger partial charge in [-0.1, -0.05) is 72.8 Å². The standard InChI is InChI=1S/C29H29N3O2S/c1-2-17-31(29(34)27-16-10-19-35-27)23-28(33)32(21-25-13-7-4-8-14-25)22-26-15-9-18-30(26)20-24-11-5-3-6-12-24/h2-16,18-19H,1,17,20-23H2. The average molecular weight is 484 g/mol. The number of rotatable bonds is 11. The molecule has 0 unspecified atom stereocenters. The van der Waals surface area contributed by atoms with Crippen molar-refractivity contribution in [1.29, 1.82) is 0 Å². The number of nitrogens with zero attached hydrogens (tertiary/aromatic N) is 3. The molecule has 0 saturated carbocycles. The minimum absolute atomic E-state index is 0.00498. The van der Waals surface area contributed by atoms with Crippen LogP contribution in [0.3, 0.4) is 0 Å². The summed E-state index contributed by atoms with van der Waals surface area (Å²) < 4.78 is 2.17. The van der Waals surface area contributed by atoms with Crippen LogP contribution in [0, 0.1) is 0 Å². The second-order valence-electron chi connectivity index (χ2n) is 8.30. The predicted octanol–water partition coefficient (Wildman–Crippen LogP) is 5.46. The molecule has 0 fully saturated rings. The lowest BCUT2D eigenvalue weighted by atomic mass is 10.2. The van der Waals surface area contributed by atoms with E-state index in [0.717, 1.165) is 17.8 Å². The van der Waals surface area contributed by atoms with Gasteiger partial charge >= 0.3 is 0 Å². The third-order valence-corrected chi connectivity index (χ3v) is 6.59. The number of aromatic nitrogens is 1. The molecule has 0 spiro atoms. The molecule has 0 saturated heterocycles. The highest BCUT2D eigenvalue weighted by Crippen LogP contribution is 2.16. The molecule has 0 aliphatic rings. The van der Waals surface area contributed by atoms with Crippen molar-refractivity contribution in [3.05, 3.63) is 131 Å². The molecule has 35 heavy (non-hydrogen) atoms. The maximum Gasteiger partial charge on any atom is 0.264 e. The monoisotopic (exact) mass is 483 g/mol. The van der Waals surface area contributed by atoms with Crippen molar-refractivity contribution in [2.75, 3.05) is 13.1 Å². The molecule has 2 aromatic heterocycles. The summed E-state index contributed by atoms with van der Waals surface area (Å²) in [5.41, 5.74) is 3.28. The average Bonchev–Trinajstić information content (AvgIpc) is 3.57. The Morgan fingerprint density at radius 2 is 1.54 bits per heavy atom. The van der Waals surface area contributed by atoms with E-state index in [2.05, 4.69) is 23.3 Å². The van der Waals surface area contributed by atoms with Gasteiger partial charge in [-0.2, -0.15) is 0 Å². The van der Waals surface area contributed by atoms with Crippen molar-refractivity contribution in [1.82, 2.24) is 14.4 Å². The van der Waals surface area contributed by atoms with Crippen molar-refractivity contribution in [2.45, 2.75) is 19.6 Å². The van der Waals surface area contributed by atoms with E-state index in [1.807, 2.05) is 83.2 Å². The summed E-state index contributed by atoms with van der Waals surface area (Å²) in [7, 11) is 0. The molecule has 2 heterocycles. The van der Waals surface area contributed by atoms with Gasteiger partial charge in [-0.25, -0.2) is 0 Å². The lowest BCUT2D eigenvalue weighted by Crippen LogP contribution is -2.42. The van der Waals surface area contributed by atoms with Gasteiger partial charge in [0.15, 0.2) is 0 Å². The van der Waals surface area contributed by atoms with Gasteiger partial charge < -0.3 is 14.4 Å². The minimum Gasteiger partial charge on any atom is -0.345 e. The number of hydrogen-bond acceptors (Lipinski definition) is 3. The summed E-state index contributed by atoms with van der Waals surface area (Å²) in [5, 5.41) is 1.86. The Bertz CT molecular complexity index is 1230. The maximum absolute atomic E-state index is 13.6. The molecule has 5 nitrogen and oxygen atoms in total. The fourth-order valence-electron chi connectivity index (χ4n) is 3.95. The third-order valence-electron chi connectivity index (χ3n) is 5.74. The summed E-state index contributed by atoms with van der Waals surface area (Å²) >= 11 is 1.38. The summed E-state index contributed by atoms with van der Waals surface area (Å²) in [5.74, 6) is -0.256. The molecular weight excluding hydrogens is 454 g/mol. The highest BCUT2D eigenvalue weighted by molar-refractivity contribution is 7.12. The second-order valence-corrected chi connectivity index (χ2v) is 9.25. The van der Waals surface area contributed by atoms with Gasteiger partial charge in [0.25, 0.3) is 5.91 Å². The Labute approximate surface area is 210 Å². The van der Waals surface area contributed by atoms with Gasteiger partial charge in [0.1, 0.15) is 6.54 Å². The van der Waals surface area contributed by atoms with Crippen molar-refractivity contribution in [2.24, 2.45) is 0 Å². The smallest absolute Gasteiger partial charge is 0.264 e. The highest BCUT2D eigenvalue weighted by Gasteiger charge is 2.23. The first-order chi connectivity index (χ1) is 17.1. The molecule has 4 aromatic rings. The molecule has 178 valence electrons. The van der Waals surface area contributed by atoms with E-state index in [4.69, 9.17) is 0 Å². The van der Waals surface area contributed by atoms with Crippen molar-refractivity contribution in [3.8, 4) is 0 Å². The van der Waals surface area contributed by atoms with Gasteiger partial charge in [0.05, 0.1) is 11.4 Å². The van der Waals surface area contributed by atoms with Crippen LogP contribution in [0.15, 0.2) is 109 Å². The van der Waals surface area contributed by atoms with E-state index in [9.17, 15) is 9.59 Å². The summed E-state index contributed by atoms with van der Waals surface area (Å²) in [6.45, 7) is 5.73. The molecule has 2 aromatic carbocycles. The quantitative estimate of drug-likeness (QED) is 0.266. The highest BCUT2D eigenvalue weighted by atomic mass is 32.1. The lowest BCUT2D eigenvalue weighted by molar-refractivity contribution is -0.133. The Morgan fingerprint density at radius 3 is 2.20 bits per heavy atom. The van der Waals surface area contributed by atoms with E-state index in [1.54, 1.807) is 17.0 Å². The zero-order valence-corrected chi connectivity index (χ0v) is 20.4. The minimum atomic E-state index is -0.152. The third kappa shape index (κ3) is 6.58. The Kier molecular flexibility index (Phi) is 8.30. The first kappa shape index (κ1) is 24.2. The fraction of sp³-hybridized carbons (Fsp3) is 0.172. The van der Waals surface area contributed by atoms with Crippen LogP contribution in [0.5, 0.6) is 0 Å². The maximum atomic E-state index is 13.6. The molecule has 2 amide bonds. The number of amides is 2. The first-order valence-corrected chi connectivity index (χ1v) is 12.5. The second kappa shape index (κ2) is 12.0. The largest absolute Gasteiger partial charge is 0.345 e. The van der Waals surface area contributed by atoms with Gasteiger partial charge in [-0.05, 0) is 34.7 Å². The summed E-state index contributed by atoms with van der Waals surface area (Å²) in [6.07, 6.45) is 3.70. The van der Waals surface area contributed by atoms with Crippen LogP contribution in [0.25, 0.3) is 0 Å². The van der Waals surface area contributed by atoms with Crippen LogP contribution in [0.1, 0.15) is 26.5 Å². The summed E-state index contributed by atoms with van der Waals surface area (Å²) in [6, 6.07) is 27.9. The van der Waals surface area contributed by atoms with Gasteiger partial charge in [-0.3, -0.25) is 9.59 Å². The molecule has 0 aliphatic carbocycles. The number of hydrogen-bond donors (Lipinski definition) is 0. The van der Waals surface area contributed by atoms with Gasteiger partial charge in [0.2, 0.25) is 5.91 Å². The normalized spacial score (nSPS) is 10.6. The molecule has 0 atom stereocenters. The lowest BCUT2D eigenvalue weighted by Gasteiger charge is -2.27. The Hall–Kier alpha value is -3.90. The predicted molar refractivity (Wildman–Crippen MR) is 141 cm³/mol.